The van der Waals surface area contributed by atoms with E-state index < -0.39 is 0 Å². The molecule has 1 atom stereocenters. The molecule has 1 rings (SSSR count). The quantitative estimate of drug-likeness (QED) is 0.0914. The van der Waals surface area contributed by atoms with Gasteiger partial charge in [-0.25, -0.2) is 0 Å². The van der Waals surface area contributed by atoms with Crippen LogP contribution >= 0.6 is 0 Å². The average molecular weight is 688 g/mol. The summed E-state index contributed by atoms with van der Waals surface area (Å²) in [5, 5.41) is 3.02. The normalized spacial score (nSPS) is 15.1. The van der Waals surface area contributed by atoms with Gasteiger partial charge in [-0.3, -0.25) is 0 Å². The van der Waals surface area contributed by atoms with Crippen molar-refractivity contribution >= 4 is 0 Å². The molecule has 1 N–H and O–H groups in total. The Balaban J connectivity index is 1.59. The van der Waals surface area contributed by atoms with E-state index >= 15 is 0 Å². The Morgan fingerprint density at radius 3 is 0.915 bits per heavy atom. The number of hydrogen-bond acceptors (Lipinski definition) is 15. The fraction of sp³-hybridized carbons (Fsp3) is 1.00. The van der Waals surface area contributed by atoms with Crippen LogP contribution in [0.5, 0.6) is 0 Å². The molecule has 0 saturated carbocycles. The summed E-state index contributed by atoms with van der Waals surface area (Å²) >= 11 is 0. The largest absolute Gasteiger partial charge is 0.378 e. The molecule has 47 heavy (non-hydrogen) atoms. The van der Waals surface area contributed by atoms with Crippen molar-refractivity contribution in [2.75, 3.05) is 185 Å². The Morgan fingerprint density at radius 1 is 0.383 bits per heavy atom. The van der Waals surface area contributed by atoms with E-state index in [1.54, 1.807) is 0 Å². The highest BCUT2D eigenvalue weighted by Crippen LogP contribution is 2.13. The minimum absolute atomic E-state index is 0.0659. The van der Waals surface area contributed by atoms with Gasteiger partial charge in [-0.2, -0.15) is 0 Å². The van der Waals surface area contributed by atoms with Gasteiger partial charge in [0.15, 0.2) is 6.29 Å². The Labute approximate surface area is 282 Å². The number of likely N-dealkylation sites (N-methyl/N-ethyl adjacent to an activating group) is 1. The van der Waals surface area contributed by atoms with Gasteiger partial charge in [0.2, 0.25) is 0 Å². The van der Waals surface area contributed by atoms with Gasteiger partial charge in [-0.1, -0.05) is 0 Å². The Morgan fingerprint density at radius 2 is 0.660 bits per heavy atom. The van der Waals surface area contributed by atoms with Crippen molar-refractivity contribution in [3.05, 3.63) is 0 Å². The smallest absolute Gasteiger partial charge is 0.157 e. The van der Waals surface area contributed by atoms with Crippen LogP contribution in [-0.4, -0.2) is 192 Å². The standard InChI is InChI=1S/C32H65NO14/c1-33-5-7-34-8-9-35-10-11-36-12-13-37-14-15-38-16-17-39-18-19-40-20-21-41-22-23-42-24-25-43-26-27-44-28-29-45-30-31-47-32-4-2-3-6-46-32/h32-33H,2-31H2,1H3. The molecule has 0 radical (unpaired) electrons. The van der Waals surface area contributed by atoms with Crippen LogP contribution in [0.25, 0.3) is 0 Å². The maximum atomic E-state index is 5.61. The van der Waals surface area contributed by atoms with Gasteiger partial charge in [0, 0.05) is 13.2 Å². The fourth-order valence-electron chi connectivity index (χ4n) is 3.78. The molecule has 0 aromatic rings. The van der Waals surface area contributed by atoms with Crippen molar-refractivity contribution in [1.82, 2.24) is 5.32 Å². The molecule has 15 heteroatoms. The second-order valence-corrected chi connectivity index (χ2v) is 10.1. The SMILES string of the molecule is CNCCOCCOCCOCCOCCOCCOCCOCCOCCOCCOCCOCCOCCOC1CCCCO1. The molecule has 1 fully saturated rings. The molecule has 1 unspecified atom stereocenters. The molecule has 1 heterocycles. The van der Waals surface area contributed by atoms with Gasteiger partial charge in [-0.15, -0.1) is 0 Å². The van der Waals surface area contributed by atoms with Gasteiger partial charge in [0.1, 0.15) is 0 Å². The molecule has 0 spiro atoms. The number of ether oxygens (including phenoxy) is 14. The molecular weight excluding hydrogens is 622 g/mol. The van der Waals surface area contributed by atoms with Crippen LogP contribution < -0.4 is 5.32 Å². The minimum Gasteiger partial charge on any atom is -0.378 e. The Kier molecular flexibility index (Phi) is 37.6. The first-order valence-corrected chi connectivity index (χ1v) is 17.2. The Bertz CT molecular complexity index is 578. The molecule has 0 aromatic carbocycles. The van der Waals surface area contributed by atoms with Crippen molar-refractivity contribution in [1.29, 1.82) is 0 Å². The van der Waals surface area contributed by atoms with Crippen LogP contribution in [0.15, 0.2) is 0 Å². The van der Waals surface area contributed by atoms with Crippen LogP contribution in [0, 0.1) is 0 Å². The third-order valence-electron chi connectivity index (χ3n) is 6.26. The third-order valence-corrected chi connectivity index (χ3v) is 6.26. The molecule has 282 valence electrons. The summed E-state index contributed by atoms with van der Waals surface area (Å²) in [6.07, 6.45) is 3.19. The van der Waals surface area contributed by atoms with E-state index in [0.717, 1.165) is 26.0 Å². The predicted molar refractivity (Wildman–Crippen MR) is 173 cm³/mol. The van der Waals surface area contributed by atoms with Crippen LogP contribution in [0.4, 0.5) is 0 Å². The molecule has 15 nitrogen and oxygen atoms in total. The molecule has 0 amide bonds. The molecule has 0 aromatic heterocycles. The molecule has 0 aliphatic carbocycles. The fourth-order valence-corrected chi connectivity index (χ4v) is 3.78. The summed E-state index contributed by atoms with van der Waals surface area (Å²) in [5.74, 6) is 0. The van der Waals surface area contributed by atoms with Crippen molar-refractivity contribution in [3.8, 4) is 0 Å². The summed E-state index contributed by atoms with van der Waals surface area (Å²) in [6.45, 7) is 15.0. The summed E-state index contributed by atoms with van der Waals surface area (Å²) in [7, 11) is 1.90. The highest BCUT2D eigenvalue weighted by atomic mass is 16.7. The second kappa shape index (κ2) is 39.8. The zero-order valence-corrected chi connectivity index (χ0v) is 29.0. The molecule has 1 aliphatic heterocycles. The summed E-state index contributed by atoms with van der Waals surface area (Å²) in [5.41, 5.74) is 0. The molecule has 0 bridgehead atoms. The lowest BCUT2D eigenvalue weighted by atomic mass is 10.2. The zero-order chi connectivity index (χ0) is 33.4. The van der Waals surface area contributed by atoms with E-state index in [2.05, 4.69) is 5.32 Å². The molecule has 1 saturated heterocycles. The van der Waals surface area contributed by atoms with E-state index in [4.69, 9.17) is 66.3 Å². The summed E-state index contributed by atoms with van der Waals surface area (Å²) in [6, 6.07) is 0. The zero-order valence-electron chi connectivity index (χ0n) is 29.0. The van der Waals surface area contributed by atoms with Gasteiger partial charge in [0.25, 0.3) is 0 Å². The number of rotatable bonds is 40. The van der Waals surface area contributed by atoms with Crippen LogP contribution in [0.1, 0.15) is 19.3 Å². The van der Waals surface area contributed by atoms with Crippen LogP contribution in [0.2, 0.25) is 0 Å². The monoisotopic (exact) mass is 687 g/mol. The van der Waals surface area contributed by atoms with Gasteiger partial charge in [-0.05, 0) is 26.3 Å². The van der Waals surface area contributed by atoms with Gasteiger partial charge in [0.05, 0.1) is 165 Å². The van der Waals surface area contributed by atoms with E-state index in [0.29, 0.717) is 165 Å². The lowest BCUT2D eigenvalue weighted by molar-refractivity contribution is -0.169. The van der Waals surface area contributed by atoms with E-state index in [1.807, 2.05) is 7.05 Å². The van der Waals surface area contributed by atoms with E-state index in [1.165, 1.54) is 6.42 Å². The number of hydrogen-bond donors (Lipinski definition) is 1. The number of nitrogens with one attached hydrogen (secondary N) is 1. The first-order chi connectivity index (χ1) is 23.4. The molecular formula is C32H65NO14. The van der Waals surface area contributed by atoms with Crippen molar-refractivity contribution in [2.24, 2.45) is 0 Å². The van der Waals surface area contributed by atoms with Crippen LogP contribution in [0.3, 0.4) is 0 Å². The highest BCUT2D eigenvalue weighted by Gasteiger charge is 2.13. The predicted octanol–water partition coefficient (Wildman–Crippen LogP) is 0.948. The third kappa shape index (κ3) is 36.5. The first-order valence-electron chi connectivity index (χ1n) is 17.2. The topological polar surface area (TPSA) is 141 Å². The van der Waals surface area contributed by atoms with Crippen molar-refractivity contribution in [3.63, 3.8) is 0 Å². The van der Waals surface area contributed by atoms with Gasteiger partial charge < -0.3 is 71.6 Å². The first kappa shape index (κ1) is 44.4. The van der Waals surface area contributed by atoms with Crippen molar-refractivity contribution in [2.45, 2.75) is 25.6 Å². The minimum atomic E-state index is -0.0659. The van der Waals surface area contributed by atoms with E-state index in [9.17, 15) is 0 Å². The van der Waals surface area contributed by atoms with E-state index in [-0.39, 0.29) is 6.29 Å². The lowest BCUT2D eigenvalue weighted by Crippen LogP contribution is -2.24. The van der Waals surface area contributed by atoms with Gasteiger partial charge >= 0.3 is 0 Å². The maximum Gasteiger partial charge on any atom is 0.157 e. The Hall–Kier alpha value is -0.600. The highest BCUT2D eigenvalue weighted by molar-refractivity contribution is 4.53. The summed E-state index contributed by atoms with van der Waals surface area (Å²) in [4.78, 5) is 0. The molecule has 1 aliphatic rings. The van der Waals surface area contributed by atoms with Crippen LogP contribution in [-0.2, 0) is 66.3 Å². The summed E-state index contributed by atoms with van der Waals surface area (Å²) < 4.78 is 76.7. The lowest BCUT2D eigenvalue weighted by Gasteiger charge is -2.22. The van der Waals surface area contributed by atoms with Crippen molar-refractivity contribution < 1.29 is 66.3 Å². The average Bonchev–Trinajstić information content (AvgIpc) is 3.09. The second-order valence-electron chi connectivity index (χ2n) is 10.1. The maximum absolute atomic E-state index is 5.61.